The van der Waals surface area contributed by atoms with E-state index in [1.165, 1.54) is 6.20 Å². The first-order valence-electron chi connectivity index (χ1n) is 8.71. The van der Waals surface area contributed by atoms with Crippen LogP contribution in [0.2, 0.25) is 5.02 Å². The van der Waals surface area contributed by atoms with Gasteiger partial charge in [-0.3, -0.25) is 9.40 Å². The minimum Gasteiger partial charge on any atom is -0.276 e. The minimum absolute atomic E-state index is 0.230. The Morgan fingerprint density at radius 2 is 1.81 bits per heavy atom. The summed E-state index contributed by atoms with van der Waals surface area (Å²) in [5, 5.41) is 4.86. The molecule has 5 nitrogen and oxygen atoms in total. The summed E-state index contributed by atoms with van der Waals surface area (Å²) in [4.78, 5) is 0.230. The van der Waals surface area contributed by atoms with Gasteiger partial charge in [0, 0.05) is 11.2 Å². The molecule has 7 heteroatoms. The number of benzene rings is 2. The second-order valence-corrected chi connectivity index (χ2v) is 8.96. The third-order valence-electron chi connectivity index (χ3n) is 4.05. The molecule has 1 heterocycles. The van der Waals surface area contributed by atoms with Crippen LogP contribution in [0.3, 0.4) is 0 Å². The maximum atomic E-state index is 12.6. The van der Waals surface area contributed by atoms with E-state index < -0.39 is 10.0 Å². The highest BCUT2D eigenvalue weighted by Gasteiger charge is 2.15. The van der Waals surface area contributed by atoms with Crippen molar-refractivity contribution >= 4 is 27.3 Å². The Bertz CT molecular complexity index is 1010. The first-order valence-corrected chi connectivity index (χ1v) is 10.6. The predicted octanol–water partition coefficient (Wildman–Crippen LogP) is 4.58. The molecule has 0 aliphatic rings. The Kier molecular flexibility index (Phi) is 5.87. The van der Waals surface area contributed by atoms with E-state index >= 15 is 0 Å². The van der Waals surface area contributed by atoms with Crippen LogP contribution in [0.1, 0.15) is 25.0 Å². The molecule has 2 aromatic carbocycles. The monoisotopic (exact) mass is 403 g/mol. The molecule has 142 valence electrons. The number of hydrogen-bond acceptors (Lipinski definition) is 3. The smallest absolute Gasteiger partial charge is 0.261 e. The summed E-state index contributed by atoms with van der Waals surface area (Å²) in [6.07, 6.45) is 4.05. The number of aromatic nitrogens is 2. The second-order valence-electron chi connectivity index (χ2n) is 6.87. The molecule has 0 aliphatic carbocycles. The highest BCUT2D eigenvalue weighted by Crippen LogP contribution is 2.19. The van der Waals surface area contributed by atoms with Crippen LogP contribution in [-0.4, -0.2) is 18.2 Å². The number of halogens is 1. The van der Waals surface area contributed by atoms with Crippen molar-refractivity contribution in [1.29, 1.82) is 0 Å². The zero-order valence-corrected chi connectivity index (χ0v) is 16.8. The fraction of sp³-hybridized carbons (Fsp3) is 0.250. The van der Waals surface area contributed by atoms with E-state index in [1.807, 2.05) is 36.4 Å². The number of hydrogen-bond donors (Lipinski definition) is 1. The van der Waals surface area contributed by atoms with Crippen LogP contribution in [0.25, 0.3) is 0 Å². The molecule has 0 fully saturated rings. The topological polar surface area (TPSA) is 64.0 Å². The van der Waals surface area contributed by atoms with Crippen molar-refractivity contribution < 1.29 is 8.42 Å². The van der Waals surface area contributed by atoms with Crippen molar-refractivity contribution in [3.05, 3.63) is 77.1 Å². The van der Waals surface area contributed by atoms with Crippen LogP contribution in [-0.2, 0) is 23.0 Å². The highest BCUT2D eigenvalue weighted by molar-refractivity contribution is 7.92. The van der Waals surface area contributed by atoms with Crippen LogP contribution < -0.4 is 4.72 Å². The lowest BCUT2D eigenvalue weighted by molar-refractivity contribution is 0.601. The Hall–Kier alpha value is -2.31. The van der Waals surface area contributed by atoms with E-state index in [1.54, 1.807) is 23.0 Å². The molecule has 3 rings (SSSR count). The molecule has 1 N–H and O–H groups in total. The molecule has 3 aromatic rings. The Morgan fingerprint density at radius 1 is 1.11 bits per heavy atom. The van der Waals surface area contributed by atoms with Gasteiger partial charge in [-0.1, -0.05) is 55.8 Å². The predicted molar refractivity (Wildman–Crippen MR) is 109 cm³/mol. The van der Waals surface area contributed by atoms with Crippen molar-refractivity contribution in [2.24, 2.45) is 5.92 Å². The van der Waals surface area contributed by atoms with Gasteiger partial charge in [-0.15, -0.1) is 0 Å². The molecule has 0 saturated carbocycles. The van der Waals surface area contributed by atoms with Crippen molar-refractivity contribution in [2.75, 3.05) is 4.72 Å². The Labute approximate surface area is 165 Å². The maximum Gasteiger partial charge on any atom is 0.261 e. The van der Waals surface area contributed by atoms with Crippen molar-refractivity contribution in [3.63, 3.8) is 0 Å². The summed E-state index contributed by atoms with van der Waals surface area (Å²) in [5.74, 6) is 0.523. The molecule has 0 spiro atoms. The third kappa shape index (κ3) is 5.11. The average molecular weight is 404 g/mol. The van der Waals surface area contributed by atoms with E-state index in [-0.39, 0.29) is 4.90 Å². The molecule has 0 bridgehead atoms. The SMILES string of the molecule is CC(C)Cc1ccc(S(=O)(=O)Nc2cnn(Cc3ccccc3Cl)c2)cc1. The summed E-state index contributed by atoms with van der Waals surface area (Å²) in [7, 11) is -3.66. The van der Waals surface area contributed by atoms with Gasteiger partial charge in [0.25, 0.3) is 10.0 Å². The lowest BCUT2D eigenvalue weighted by Gasteiger charge is -2.08. The van der Waals surface area contributed by atoms with Gasteiger partial charge in [0.05, 0.1) is 23.3 Å². The Morgan fingerprint density at radius 3 is 2.48 bits per heavy atom. The zero-order chi connectivity index (χ0) is 19.4. The summed E-state index contributed by atoms with van der Waals surface area (Å²) in [5.41, 5.74) is 2.45. The summed E-state index contributed by atoms with van der Waals surface area (Å²) >= 11 is 6.16. The van der Waals surface area contributed by atoms with Crippen molar-refractivity contribution in [2.45, 2.75) is 31.7 Å². The van der Waals surface area contributed by atoms with Crippen LogP contribution in [0.5, 0.6) is 0 Å². The van der Waals surface area contributed by atoms with Crippen LogP contribution in [0, 0.1) is 5.92 Å². The lowest BCUT2D eigenvalue weighted by atomic mass is 10.0. The second kappa shape index (κ2) is 8.15. The van der Waals surface area contributed by atoms with Crippen LogP contribution >= 0.6 is 11.6 Å². The van der Waals surface area contributed by atoms with Gasteiger partial charge in [-0.05, 0) is 41.7 Å². The van der Waals surface area contributed by atoms with E-state index in [2.05, 4.69) is 23.7 Å². The summed E-state index contributed by atoms with van der Waals surface area (Å²) < 4.78 is 29.4. The quantitative estimate of drug-likeness (QED) is 0.627. The lowest BCUT2D eigenvalue weighted by Crippen LogP contribution is -2.12. The van der Waals surface area contributed by atoms with E-state index in [9.17, 15) is 8.42 Å². The van der Waals surface area contributed by atoms with Crippen LogP contribution in [0.15, 0.2) is 65.8 Å². The first-order chi connectivity index (χ1) is 12.8. The number of nitrogens with zero attached hydrogens (tertiary/aromatic N) is 2. The molecule has 27 heavy (non-hydrogen) atoms. The van der Waals surface area contributed by atoms with Gasteiger partial charge in [0.1, 0.15) is 0 Å². The van der Waals surface area contributed by atoms with Gasteiger partial charge in [0.2, 0.25) is 0 Å². The maximum absolute atomic E-state index is 12.6. The van der Waals surface area contributed by atoms with Gasteiger partial charge in [-0.2, -0.15) is 5.10 Å². The standard InChI is InChI=1S/C20H22ClN3O2S/c1-15(2)11-16-7-9-19(10-8-16)27(25,26)23-18-12-22-24(14-18)13-17-5-3-4-6-20(17)21/h3-10,12,14-15,23H,11,13H2,1-2H3. The van der Waals surface area contributed by atoms with E-state index in [0.717, 1.165) is 17.5 Å². The number of anilines is 1. The molecule has 0 saturated heterocycles. The normalized spacial score (nSPS) is 11.7. The first kappa shape index (κ1) is 19.5. The fourth-order valence-corrected chi connectivity index (χ4v) is 4.02. The number of nitrogens with one attached hydrogen (secondary N) is 1. The van der Waals surface area contributed by atoms with Crippen molar-refractivity contribution in [3.8, 4) is 0 Å². The molecule has 1 aromatic heterocycles. The summed E-state index contributed by atoms with van der Waals surface area (Å²) in [6, 6.07) is 14.5. The third-order valence-corrected chi connectivity index (χ3v) is 5.82. The molecule has 0 amide bonds. The molecule has 0 aliphatic heterocycles. The molecular formula is C20H22ClN3O2S. The van der Waals surface area contributed by atoms with Crippen LogP contribution in [0.4, 0.5) is 5.69 Å². The molecule has 0 unspecified atom stereocenters. The van der Waals surface area contributed by atoms with Gasteiger partial charge in [0.15, 0.2) is 0 Å². The molecule has 0 radical (unpaired) electrons. The van der Waals surface area contributed by atoms with Gasteiger partial charge in [-0.25, -0.2) is 8.42 Å². The number of sulfonamides is 1. The minimum atomic E-state index is -3.66. The Balaban J connectivity index is 1.71. The van der Waals surface area contributed by atoms with Gasteiger partial charge >= 0.3 is 0 Å². The average Bonchev–Trinajstić information content (AvgIpc) is 3.03. The largest absolute Gasteiger partial charge is 0.276 e. The molecule has 0 atom stereocenters. The number of rotatable bonds is 7. The van der Waals surface area contributed by atoms with E-state index in [4.69, 9.17) is 11.6 Å². The van der Waals surface area contributed by atoms with E-state index in [0.29, 0.717) is 23.2 Å². The zero-order valence-electron chi connectivity index (χ0n) is 15.3. The highest BCUT2D eigenvalue weighted by atomic mass is 35.5. The fourth-order valence-electron chi connectivity index (χ4n) is 2.79. The molecular weight excluding hydrogens is 382 g/mol. The summed E-state index contributed by atoms with van der Waals surface area (Å²) in [6.45, 7) is 4.73. The van der Waals surface area contributed by atoms with Crippen molar-refractivity contribution in [1.82, 2.24) is 9.78 Å². The van der Waals surface area contributed by atoms with Gasteiger partial charge < -0.3 is 0 Å².